The zero-order valence-electron chi connectivity index (χ0n) is 31.6. The van der Waals surface area contributed by atoms with Gasteiger partial charge in [-0.25, -0.2) is 14.0 Å². The molecule has 1 fully saturated rings. The number of hydrogen-bond donors (Lipinski definition) is 4. The van der Waals surface area contributed by atoms with Crippen LogP contribution in [0.4, 0.5) is 17.6 Å². The van der Waals surface area contributed by atoms with Crippen LogP contribution in [0, 0.1) is 5.82 Å². The van der Waals surface area contributed by atoms with Crippen LogP contribution in [0.1, 0.15) is 54.1 Å². The minimum absolute atomic E-state index is 0.0330. The van der Waals surface area contributed by atoms with Crippen molar-refractivity contribution in [3.05, 3.63) is 117 Å². The Hall–Kier alpha value is -5.10. The van der Waals surface area contributed by atoms with E-state index in [2.05, 4.69) is 16.8 Å². The fourth-order valence-electron chi connectivity index (χ4n) is 6.90. The Labute approximate surface area is 335 Å². The third-order valence-electron chi connectivity index (χ3n) is 10.2. The van der Waals surface area contributed by atoms with Crippen LogP contribution in [0.3, 0.4) is 0 Å². The zero-order chi connectivity index (χ0) is 42.1. The predicted octanol–water partition coefficient (Wildman–Crippen LogP) is 5.24. The summed E-state index contributed by atoms with van der Waals surface area (Å²) in [5.74, 6) is -3.43. The number of amides is 1. The van der Waals surface area contributed by atoms with Crippen molar-refractivity contribution in [1.82, 2.24) is 19.4 Å². The van der Waals surface area contributed by atoms with E-state index in [0.717, 1.165) is 73.4 Å². The molecule has 1 amide bonds. The number of carboxylic acids is 2. The number of aliphatic hydroxyl groups excluding tert-OH is 2. The number of aliphatic carboxylic acids is 2. The highest BCUT2D eigenvalue weighted by Gasteiger charge is 2.32. The summed E-state index contributed by atoms with van der Waals surface area (Å²) in [5, 5.41) is 33.0. The van der Waals surface area contributed by atoms with Crippen molar-refractivity contribution in [2.75, 3.05) is 19.6 Å². The van der Waals surface area contributed by atoms with Crippen molar-refractivity contribution in [1.29, 1.82) is 0 Å². The second kappa shape index (κ2) is 19.6. The van der Waals surface area contributed by atoms with Gasteiger partial charge in [0, 0.05) is 42.7 Å². The number of alkyl halides is 3. The minimum atomic E-state index is -4.39. The smallest absolute Gasteiger partial charge is 0.416 e. The number of carboxylic acid groups (broad SMARTS) is 2. The number of fused-ring (bicyclic) bond motifs is 1. The Morgan fingerprint density at radius 2 is 1.41 bits per heavy atom. The van der Waals surface area contributed by atoms with E-state index >= 15 is 0 Å². The van der Waals surface area contributed by atoms with Crippen molar-refractivity contribution < 1.29 is 52.4 Å². The SMILES string of the molecule is CCN1CCC(N(Cc2ccc(-c3ccc(C(F)(F)F)cc3)cc2)C(=O)Cn2c(SCc3ccc(F)cc3)nc(=O)c3c2CCC3)CC1.O=C(O)[C@H](O)[C@@H](O)C(=O)O. The normalized spacial score (nSPS) is 15.5. The lowest BCUT2D eigenvalue weighted by Crippen LogP contribution is -2.48. The second-order valence-corrected chi connectivity index (χ2v) is 14.9. The molecule has 4 aromatic rings. The van der Waals surface area contributed by atoms with Crippen LogP contribution in [-0.2, 0) is 52.2 Å². The molecule has 310 valence electrons. The molecule has 1 aliphatic heterocycles. The predicted molar refractivity (Wildman–Crippen MR) is 206 cm³/mol. The first-order valence-corrected chi connectivity index (χ1v) is 19.6. The lowest BCUT2D eigenvalue weighted by molar-refractivity contribution is -0.165. The third kappa shape index (κ3) is 11.3. The van der Waals surface area contributed by atoms with Crippen LogP contribution in [-0.4, -0.2) is 95.5 Å². The molecule has 1 aliphatic carbocycles. The first-order valence-electron chi connectivity index (χ1n) is 18.7. The fraction of sp³-hybridized carbons (Fsp3) is 0.390. The average molecular weight is 829 g/mol. The van der Waals surface area contributed by atoms with E-state index in [1.165, 1.54) is 36.0 Å². The van der Waals surface area contributed by atoms with E-state index in [-0.39, 0.29) is 29.9 Å². The van der Waals surface area contributed by atoms with Crippen molar-refractivity contribution in [3.63, 3.8) is 0 Å². The van der Waals surface area contributed by atoms with E-state index in [4.69, 9.17) is 20.4 Å². The summed E-state index contributed by atoms with van der Waals surface area (Å²) in [6.07, 6.45) is -5.06. The van der Waals surface area contributed by atoms with Crippen molar-refractivity contribution in [3.8, 4) is 11.1 Å². The van der Waals surface area contributed by atoms with E-state index in [9.17, 15) is 36.7 Å². The lowest BCUT2D eigenvalue weighted by Gasteiger charge is -2.38. The summed E-state index contributed by atoms with van der Waals surface area (Å²) in [4.78, 5) is 55.6. The number of hydrogen-bond acceptors (Lipinski definition) is 9. The molecule has 6 rings (SSSR count). The standard InChI is InChI=1S/C37H38F4N4O2S.C4H6O6/c1-2-43-20-18-31(19-21-43)44(22-25-6-10-27(11-7-25)28-12-14-29(15-13-28)37(39,40)41)34(46)23-45-33-5-3-4-32(33)35(47)42-36(45)48-24-26-8-16-30(38)17-9-26;5-1(3(7)8)2(6)4(9)10/h6-17,31H,2-5,18-24H2,1H3;1-2,5-6H,(H,7,8)(H,9,10)/t;1-,2-/m.1/s1. The number of nitrogens with zero attached hydrogens (tertiary/aromatic N) is 4. The van der Waals surface area contributed by atoms with E-state index < -0.39 is 35.9 Å². The largest absolute Gasteiger partial charge is 0.479 e. The molecule has 4 N–H and O–H groups in total. The fourth-order valence-corrected chi connectivity index (χ4v) is 7.87. The van der Waals surface area contributed by atoms with Crippen LogP contribution < -0.4 is 5.56 Å². The van der Waals surface area contributed by atoms with Gasteiger partial charge in [0.25, 0.3) is 5.56 Å². The maximum Gasteiger partial charge on any atom is 0.416 e. The van der Waals surface area contributed by atoms with Gasteiger partial charge in [-0.3, -0.25) is 9.59 Å². The number of benzene rings is 3. The van der Waals surface area contributed by atoms with Crippen LogP contribution in [0.15, 0.2) is 82.7 Å². The lowest BCUT2D eigenvalue weighted by atomic mass is 10.00. The highest BCUT2D eigenvalue weighted by molar-refractivity contribution is 7.98. The molecule has 1 aromatic heterocycles. The minimum Gasteiger partial charge on any atom is -0.479 e. The first-order chi connectivity index (χ1) is 27.5. The third-order valence-corrected chi connectivity index (χ3v) is 11.2. The van der Waals surface area contributed by atoms with Gasteiger partial charge in [-0.15, -0.1) is 0 Å². The monoisotopic (exact) mass is 828 g/mol. The van der Waals surface area contributed by atoms with Gasteiger partial charge < -0.3 is 34.8 Å². The van der Waals surface area contributed by atoms with E-state index in [0.29, 0.717) is 41.4 Å². The summed E-state index contributed by atoms with van der Waals surface area (Å²) in [6, 6.07) is 19.0. The summed E-state index contributed by atoms with van der Waals surface area (Å²) in [6.45, 7) is 5.32. The molecule has 2 aliphatic rings. The summed E-state index contributed by atoms with van der Waals surface area (Å²) in [5.41, 5.74) is 3.89. The summed E-state index contributed by atoms with van der Waals surface area (Å²) in [7, 11) is 0. The Morgan fingerprint density at radius 3 is 1.95 bits per heavy atom. The molecule has 2 atom stereocenters. The summed E-state index contributed by atoms with van der Waals surface area (Å²) < 4.78 is 54.6. The molecule has 1 saturated heterocycles. The zero-order valence-corrected chi connectivity index (χ0v) is 32.4. The second-order valence-electron chi connectivity index (χ2n) is 14.0. The molecule has 58 heavy (non-hydrogen) atoms. The Kier molecular flexibility index (Phi) is 14.8. The molecule has 0 spiro atoms. The molecule has 0 unspecified atom stereocenters. The highest BCUT2D eigenvalue weighted by Crippen LogP contribution is 2.32. The van der Waals surface area contributed by atoms with Gasteiger partial charge in [0.15, 0.2) is 17.4 Å². The number of aliphatic hydroxyl groups is 2. The Morgan fingerprint density at radius 1 is 0.862 bits per heavy atom. The Balaban J connectivity index is 0.000000567. The first kappa shape index (κ1) is 44.0. The van der Waals surface area contributed by atoms with E-state index in [1.807, 2.05) is 33.7 Å². The molecule has 17 heteroatoms. The number of rotatable bonds is 13. The van der Waals surface area contributed by atoms with Crippen LogP contribution in [0.2, 0.25) is 0 Å². The average Bonchev–Trinajstić information content (AvgIpc) is 3.72. The summed E-state index contributed by atoms with van der Waals surface area (Å²) >= 11 is 1.37. The van der Waals surface area contributed by atoms with Gasteiger partial charge in [-0.05, 0) is 85.2 Å². The number of thioether (sulfide) groups is 1. The van der Waals surface area contributed by atoms with Gasteiger partial charge in [-0.1, -0.05) is 67.2 Å². The van der Waals surface area contributed by atoms with Gasteiger partial charge in [0.1, 0.15) is 12.4 Å². The van der Waals surface area contributed by atoms with E-state index in [1.54, 1.807) is 12.1 Å². The molecule has 0 bridgehead atoms. The van der Waals surface area contributed by atoms with Gasteiger partial charge in [0.2, 0.25) is 5.91 Å². The van der Waals surface area contributed by atoms with Crippen molar-refractivity contribution in [2.45, 2.75) is 87.5 Å². The number of aromatic nitrogens is 2. The molecular weight excluding hydrogens is 785 g/mol. The maximum atomic E-state index is 14.4. The van der Waals surface area contributed by atoms with Crippen LogP contribution in [0.5, 0.6) is 0 Å². The molecule has 2 heterocycles. The molecule has 0 saturated carbocycles. The molecule has 3 aromatic carbocycles. The maximum absolute atomic E-state index is 14.4. The van der Waals surface area contributed by atoms with Crippen molar-refractivity contribution in [2.24, 2.45) is 0 Å². The highest BCUT2D eigenvalue weighted by atomic mass is 32.2. The number of carbonyl (C=O) groups is 3. The van der Waals surface area contributed by atoms with Crippen molar-refractivity contribution >= 4 is 29.6 Å². The molecule has 0 radical (unpaired) electrons. The van der Waals surface area contributed by atoms with Crippen LogP contribution >= 0.6 is 11.8 Å². The van der Waals surface area contributed by atoms with Gasteiger partial charge >= 0.3 is 18.1 Å². The van der Waals surface area contributed by atoms with Gasteiger partial charge in [0.05, 0.1) is 5.56 Å². The van der Waals surface area contributed by atoms with Crippen LogP contribution in [0.25, 0.3) is 11.1 Å². The number of piperidine rings is 1. The van der Waals surface area contributed by atoms with Gasteiger partial charge in [-0.2, -0.15) is 18.2 Å². The topological polar surface area (TPSA) is 174 Å². The Bertz CT molecular complexity index is 2090. The number of halogens is 4. The quantitative estimate of drug-likeness (QED) is 0.0789. The molecular formula is C41H44F4N4O8S. The molecule has 12 nitrogen and oxygen atoms in total. The number of carbonyl (C=O) groups excluding carboxylic acids is 1. The number of likely N-dealkylation sites (tertiary alicyclic amines) is 1.